The summed E-state index contributed by atoms with van der Waals surface area (Å²) in [5.74, 6) is 1.44. The lowest BCUT2D eigenvalue weighted by Gasteiger charge is -2.10. The largest absolute Gasteiger partial charge is 0.369 e. The first-order valence-electron chi connectivity index (χ1n) is 6.55. The molecule has 0 bridgehead atoms. The Morgan fingerprint density at radius 3 is 2.95 bits per heavy atom. The molecular formula is C12H17N5O2S. The molecular weight excluding hydrogens is 278 g/mol. The van der Waals surface area contributed by atoms with Gasteiger partial charge in [-0.2, -0.15) is 5.10 Å². The van der Waals surface area contributed by atoms with Gasteiger partial charge in [0, 0.05) is 13.6 Å². The van der Waals surface area contributed by atoms with Crippen molar-refractivity contribution in [2.24, 2.45) is 13.0 Å². The van der Waals surface area contributed by atoms with Crippen molar-refractivity contribution >= 4 is 26.7 Å². The molecule has 1 saturated heterocycles. The highest BCUT2D eigenvalue weighted by Gasteiger charge is 2.27. The van der Waals surface area contributed by atoms with E-state index >= 15 is 0 Å². The van der Waals surface area contributed by atoms with E-state index in [9.17, 15) is 8.42 Å². The average molecular weight is 295 g/mol. The summed E-state index contributed by atoms with van der Waals surface area (Å²) in [6, 6.07) is 0. The van der Waals surface area contributed by atoms with Crippen LogP contribution in [0.15, 0.2) is 6.33 Å². The van der Waals surface area contributed by atoms with Gasteiger partial charge in [0.05, 0.1) is 22.6 Å². The number of fused-ring (bicyclic) bond motifs is 1. The van der Waals surface area contributed by atoms with Gasteiger partial charge in [-0.25, -0.2) is 18.4 Å². The Balaban J connectivity index is 1.82. The minimum atomic E-state index is -2.84. The van der Waals surface area contributed by atoms with Gasteiger partial charge in [-0.15, -0.1) is 0 Å². The van der Waals surface area contributed by atoms with Crippen LogP contribution >= 0.6 is 0 Å². The lowest BCUT2D eigenvalue weighted by Crippen LogP contribution is -2.16. The van der Waals surface area contributed by atoms with Crippen molar-refractivity contribution in [1.29, 1.82) is 0 Å². The van der Waals surface area contributed by atoms with Crippen molar-refractivity contribution in [2.75, 3.05) is 23.4 Å². The molecule has 0 saturated carbocycles. The fraction of sp³-hybridized carbons (Fsp3) is 0.583. The van der Waals surface area contributed by atoms with Gasteiger partial charge in [-0.3, -0.25) is 4.68 Å². The topological polar surface area (TPSA) is 89.8 Å². The number of aryl methyl sites for hydroxylation is 2. The molecule has 3 rings (SSSR count). The highest BCUT2D eigenvalue weighted by atomic mass is 32.2. The van der Waals surface area contributed by atoms with Crippen LogP contribution in [0.1, 0.15) is 12.1 Å². The lowest BCUT2D eigenvalue weighted by atomic mass is 10.1. The zero-order chi connectivity index (χ0) is 14.3. The second-order valence-corrected chi connectivity index (χ2v) is 7.51. The summed E-state index contributed by atoms with van der Waals surface area (Å²) in [5.41, 5.74) is 1.64. The molecule has 3 heterocycles. The van der Waals surface area contributed by atoms with Gasteiger partial charge in [-0.1, -0.05) is 0 Å². The average Bonchev–Trinajstić information content (AvgIpc) is 2.88. The molecule has 1 aliphatic rings. The number of sulfone groups is 1. The van der Waals surface area contributed by atoms with E-state index in [0.29, 0.717) is 12.3 Å². The van der Waals surface area contributed by atoms with Crippen LogP contribution in [0.5, 0.6) is 0 Å². The van der Waals surface area contributed by atoms with Crippen LogP contribution in [0.25, 0.3) is 11.0 Å². The molecule has 0 aliphatic carbocycles. The Labute approximate surface area is 117 Å². The molecule has 2 aromatic rings. The predicted octanol–water partition coefficient (Wildman–Crippen LogP) is 0.518. The fourth-order valence-electron chi connectivity index (χ4n) is 2.69. The van der Waals surface area contributed by atoms with Gasteiger partial charge in [0.1, 0.15) is 12.1 Å². The first kappa shape index (κ1) is 13.3. The summed E-state index contributed by atoms with van der Waals surface area (Å²) in [5, 5.41) is 8.48. The summed E-state index contributed by atoms with van der Waals surface area (Å²) in [7, 11) is -0.993. The quantitative estimate of drug-likeness (QED) is 0.888. The van der Waals surface area contributed by atoms with Gasteiger partial charge in [-0.05, 0) is 19.3 Å². The van der Waals surface area contributed by atoms with Crippen LogP contribution in [0.2, 0.25) is 0 Å². The first-order chi connectivity index (χ1) is 9.46. The minimum absolute atomic E-state index is 0.155. The molecule has 1 atom stereocenters. The Kier molecular flexibility index (Phi) is 3.12. The van der Waals surface area contributed by atoms with Crippen LogP contribution in [-0.4, -0.2) is 46.2 Å². The number of nitrogens with zero attached hydrogens (tertiary/aromatic N) is 4. The van der Waals surface area contributed by atoms with Crippen LogP contribution in [0, 0.1) is 12.8 Å². The molecule has 7 nitrogen and oxygen atoms in total. The van der Waals surface area contributed by atoms with Crippen molar-refractivity contribution in [3.63, 3.8) is 0 Å². The number of hydrogen-bond donors (Lipinski definition) is 1. The number of nitrogens with one attached hydrogen (secondary N) is 1. The highest BCUT2D eigenvalue weighted by Crippen LogP contribution is 2.24. The zero-order valence-corrected chi connectivity index (χ0v) is 12.3. The summed E-state index contributed by atoms with van der Waals surface area (Å²) in [6.45, 7) is 2.52. The smallest absolute Gasteiger partial charge is 0.163 e. The van der Waals surface area contributed by atoms with Crippen molar-refractivity contribution in [2.45, 2.75) is 13.3 Å². The molecule has 0 radical (unpaired) electrons. The van der Waals surface area contributed by atoms with Crippen LogP contribution in [0.3, 0.4) is 0 Å². The highest BCUT2D eigenvalue weighted by molar-refractivity contribution is 7.91. The normalized spacial score (nSPS) is 21.4. The lowest BCUT2D eigenvalue weighted by molar-refractivity contribution is 0.596. The van der Waals surface area contributed by atoms with Gasteiger partial charge in [0.25, 0.3) is 0 Å². The van der Waals surface area contributed by atoms with E-state index < -0.39 is 9.84 Å². The third-order valence-electron chi connectivity index (χ3n) is 3.68. The molecule has 0 unspecified atom stereocenters. The van der Waals surface area contributed by atoms with Gasteiger partial charge in [0.2, 0.25) is 0 Å². The van der Waals surface area contributed by atoms with E-state index in [4.69, 9.17) is 0 Å². The molecule has 1 fully saturated rings. The molecule has 0 aromatic carbocycles. The number of rotatable bonds is 3. The van der Waals surface area contributed by atoms with Crippen LogP contribution in [-0.2, 0) is 16.9 Å². The summed E-state index contributed by atoms with van der Waals surface area (Å²) < 4.78 is 24.6. The second-order valence-electron chi connectivity index (χ2n) is 5.28. The predicted molar refractivity (Wildman–Crippen MR) is 76.3 cm³/mol. The number of aromatic nitrogens is 4. The number of anilines is 1. The maximum atomic E-state index is 11.5. The van der Waals surface area contributed by atoms with E-state index in [0.717, 1.165) is 29.0 Å². The molecule has 108 valence electrons. The molecule has 1 aliphatic heterocycles. The first-order valence-corrected chi connectivity index (χ1v) is 8.37. The van der Waals surface area contributed by atoms with E-state index in [1.165, 1.54) is 6.33 Å². The van der Waals surface area contributed by atoms with Crippen molar-refractivity contribution in [1.82, 2.24) is 19.7 Å². The maximum absolute atomic E-state index is 11.5. The number of hydrogen-bond acceptors (Lipinski definition) is 6. The fourth-order valence-corrected chi connectivity index (χ4v) is 4.55. The van der Waals surface area contributed by atoms with E-state index in [1.807, 2.05) is 14.0 Å². The summed E-state index contributed by atoms with van der Waals surface area (Å²) in [6.07, 6.45) is 2.22. The third-order valence-corrected chi connectivity index (χ3v) is 5.52. The Bertz CT molecular complexity index is 753. The SMILES string of the molecule is Cc1nn(C)c2ncnc(NC[C@H]3CCS(=O)(=O)C3)c12. The van der Waals surface area contributed by atoms with Crippen molar-refractivity contribution in [3.8, 4) is 0 Å². The van der Waals surface area contributed by atoms with Gasteiger partial charge < -0.3 is 5.32 Å². The molecule has 8 heteroatoms. The van der Waals surface area contributed by atoms with Crippen LogP contribution in [0.4, 0.5) is 5.82 Å². The third kappa shape index (κ3) is 2.35. The molecule has 1 N–H and O–H groups in total. The molecule has 2 aromatic heterocycles. The summed E-state index contributed by atoms with van der Waals surface area (Å²) in [4.78, 5) is 8.47. The second kappa shape index (κ2) is 4.69. The Hall–Kier alpha value is -1.70. The Morgan fingerprint density at radius 2 is 2.25 bits per heavy atom. The van der Waals surface area contributed by atoms with E-state index in [2.05, 4.69) is 20.4 Å². The van der Waals surface area contributed by atoms with Crippen LogP contribution < -0.4 is 5.32 Å². The molecule has 0 amide bonds. The molecule has 0 spiro atoms. The Morgan fingerprint density at radius 1 is 1.45 bits per heavy atom. The zero-order valence-electron chi connectivity index (χ0n) is 11.5. The maximum Gasteiger partial charge on any atom is 0.163 e. The summed E-state index contributed by atoms with van der Waals surface area (Å²) >= 11 is 0. The minimum Gasteiger partial charge on any atom is -0.369 e. The van der Waals surface area contributed by atoms with Crippen molar-refractivity contribution < 1.29 is 8.42 Å². The van der Waals surface area contributed by atoms with Crippen molar-refractivity contribution in [3.05, 3.63) is 12.0 Å². The van der Waals surface area contributed by atoms with E-state index in [1.54, 1.807) is 4.68 Å². The van der Waals surface area contributed by atoms with Gasteiger partial charge in [0.15, 0.2) is 15.5 Å². The van der Waals surface area contributed by atoms with E-state index in [-0.39, 0.29) is 11.7 Å². The monoisotopic (exact) mass is 295 g/mol. The molecule has 20 heavy (non-hydrogen) atoms. The standard InChI is InChI=1S/C12H17N5O2S/c1-8-10-11(14-7-15-12(10)17(2)16-8)13-5-9-3-4-20(18,19)6-9/h7,9H,3-6H2,1-2H3,(H,13,14,15)/t9-/m1/s1. The van der Waals surface area contributed by atoms with Gasteiger partial charge >= 0.3 is 0 Å².